The van der Waals surface area contributed by atoms with Crippen molar-refractivity contribution in [2.45, 2.75) is 26.7 Å². The van der Waals surface area contributed by atoms with Crippen molar-refractivity contribution >= 4 is 0 Å². The van der Waals surface area contributed by atoms with Crippen LogP contribution >= 0.6 is 0 Å². The van der Waals surface area contributed by atoms with Gasteiger partial charge in [-0.25, -0.2) is 0 Å². The van der Waals surface area contributed by atoms with Crippen LogP contribution in [0.4, 0.5) is 0 Å². The maximum absolute atomic E-state index is 3.90. The van der Waals surface area contributed by atoms with E-state index >= 15 is 0 Å². The van der Waals surface area contributed by atoms with Gasteiger partial charge in [-0.2, -0.15) is 0 Å². The molecular weight excluding hydrogens is 199 g/mol. The van der Waals surface area contributed by atoms with Crippen LogP contribution in [-0.2, 0) is 32.7 Å². The second kappa shape index (κ2) is 4.18. The number of hydrogen-bond donors (Lipinski definition) is 0. The molecule has 0 N–H and O–H groups in total. The third-order valence-corrected chi connectivity index (χ3v) is 2.21. The van der Waals surface area contributed by atoms with E-state index in [1.165, 1.54) is 25.9 Å². The standard InChI is InChI=1S/C8H16N.Y/c1-8(2)4-6-9(3)7-5-8;/h3-7H2,1-2H3;/q-1;+3. The Morgan fingerprint density at radius 2 is 1.60 bits per heavy atom. The van der Waals surface area contributed by atoms with Gasteiger partial charge in [0.25, 0.3) is 0 Å². The van der Waals surface area contributed by atoms with E-state index in [2.05, 4.69) is 25.8 Å². The largest absolute Gasteiger partial charge is 3.00 e. The van der Waals surface area contributed by atoms with Crippen molar-refractivity contribution < 1.29 is 32.7 Å². The van der Waals surface area contributed by atoms with Crippen molar-refractivity contribution in [1.29, 1.82) is 0 Å². The molecule has 1 saturated heterocycles. The molecule has 1 aliphatic rings. The molecule has 0 aromatic heterocycles. The van der Waals surface area contributed by atoms with Crippen molar-refractivity contribution in [3.05, 3.63) is 7.05 Å². The molecule has 0 amide bonds. The van der Waals surface area contributed by atoms with Gasteiger partial charge < -0.3 is 4.90 Å². The molecule has 1 fully saturated rings. The molecular formula is C8H16NY+2. The Balaban J connectivity index is 0.000000810. The summed E-state index contributed by atoms with van der Waals surface area (Å²) in [6.45, 7) is 7.01. The van der Waals surface area contributed by atoms with Gasteiger partial charge in [-0.1, -0.05) is 13.8 Å². The first-order chi connectivity index (χ1) is 4.10. The van der Waals surface area contributed by atoms with Gasteiger partial charge in [-0.3, -0.25) is 7.05 Å². The minimum Gasteiger partial charge on any atom is -0.459 e. The maximum atomic E-state index is 3.90. The summed E-state index contributed by atoms with van der Waals surface area (Å²) >= 11 is 0. The zero-order valence-electron chi connectivity index (χ0n) is 7.06. The molecule has 10 heavy (non-hydrogen) atoms. The van der Waals surface area contributed by atoms with Crippen LogP contribution in [0.5, 0.6) is 0 Å². The first kappa shape index (κ1) is 11.1. The summed E-state index contributed by atoms with van der Waals surface area (Å²) in [5.74, 6) is 0. The fraction of sp³-hybridized carbons (Fsp3) is 0.875. The Kier molecular flexibility index (Phi) is 4.62. The van der Waals surface area contributed by atoms with Crippen LogP contribution in [0.3, 0.4) is 0 Å². The van der Waals surface area contributed by atoms with Gasteiger partial charge in [0, 0.05) is 0 Å². The van der Waals surface area contributed by atoms with Crippen molar-refractivity contribution in [3.63, 3.8) is 0 Å². The topological polar surface area (TPSA) is 3.24 Å². The predicted molar refractivity (Wildman–Crippen MR) is 39.9 cm³/mol. The van der Waals surface area contributed by atoms with E-state index in [9.17, 15) is 0 Å². The van der Waals surface area contributed by atoms with Gasteiger partial charge in [-0.15, -0.1) is 0 Å². The molecule has 0 aromatic rings. The fourth-order valence-corrected chi connectivity index (χ4v) is 1.16. The first-order valence-electron chi connectivity index (χ1n) is 3.66. The summed E-state index contributed by atoms with van der Waals surface area (Å²) in [5, 5.41) is 0. The monoisotopic (exact) mass is 215 g/mol. The predicted octanol–water partition coefficient (Wildman–Crippen LogP) is 1.90. The van der Waals surface area contributed by atoms with E-state index in [1.54, 1.807) is 0 Å². The van der Waals surface area contributed by atoms with Gasteiger partial charge in [0.1, 0.15) is 0 Å². The maximum Gasteiger partial charge on any atom is 3.00 e. The zero-order valence-corrected chi connectivity index (χ0v) is 9.90. The smallest absolute Gasteiger partial charge is 0.459 e. The normalized spacial score (nSPS) is 25.5. The van der Waals surface area contributed by atoms with Gasteiger partial charge in [0.05, 0.1) is 0 Å². The quantitative estimate of drug-likeness (QED) is 0.558. The number of likely N-dealkylation sites (tertiary alicyclic amines) is 1. The SMILES string of the molecule is [CH2-]N1CCC(C)(C)CC1.[Y+3]. The molecule has 1 rings (SSSR count). The van der Waals surface area contributed by atoms with E-state index in [0.717, 1.165) is 0 Å². The zero-order chi connectivity index (χ0) is 6.91. The Hall–Kier alpha value is 1.06. The molecule has 1 aliphatic heterocycles. The molecule has 54 valence electrons. The number of nitrogens with zero attached hydrogens (tertiary/aromatic N) is 1. The average molecular weight is 215 g/mol. The summed E-state index contributed by atoms with van der Waals surface area (Å²) in [7, 11) is 3.90. The molecule has 0 saturated carbocycles. The first-order valence-corrected chi connectivity index (χ1v) is 3.66. The van der Waals surface area contributed by atoms with E-state index < -0.39 is 0 Å². The third kappa shape index (κ3) is 3.45. The van der Waals surface area contributed by atoms with Gasteiger partial charge in [-0.05, 0) is 31.3 Å². The van der Waals surface area contributed by atoms with Crippen LogP contribution in [-0.4, -0.2) is 18.0 Å². The number of rotatable bonds is 0. The molecule has 0 aliphatic carbocycles. The van der Waals surface area contributed by atoms with Crippen LogP contribution in [0, 0.1) is 12.5 Å². The summed E-state index contributed by atoms with van der Waals surface area (Å²) in [6, 6.07) is 0. The van der Waals surface area contributed by atoms with E-state index in [1.807, 2.05) is 0 Å². The van der Waals surface area contributed by atoms with Crippen LogP contribution < -0.4 is 0 Å². The van der Waals surface area contributed by atoms with Crippen LogP contribution in [0.15, 0.2) is 0 Å². The molecule has 0 unspecified atom stereocenters. The van der Waals surface area contributed by atoms with E-state index in [0.29, 0.717) is 5.41 Å². The van der Waals surface area contributed by atoms with Gasteiger partial charge >= 0.3 is 32.7 Å². The Bertz CT molecular complexity index is 91.4. The van der Waals surface area contributed by atoms with Crippen molar-refractivity contribution in [2.24, 2.45) is 5.41 Å². The molecule has 2 heteroatoms. The molecule has 1 heterocycles. The van der Waals surface area contributed by atoms with Crippen molar-refractivity contribution in [1.82, 2.24) is 4.90 Å². The van der Waals surface area contributed by atoms with Gasteiger partial charge in [0.2, 0.25) is 0 Å². The summed E-state index contributed by atoms with van der Waals surface area (Å²) < 4.78 is 0. The second-order valence-corrected chi connectivity index (χ2v) is 3.78. The van der Waals surface area contributed by atoms with Gasteiger partial charge in [0.15, 0.2) is 0 Å². The summed E-state index contributed by atoms with van der Waals surface area (Å²) in [5.41, 5.74) is 0.578. The second-order valence-electron chi connectivity index (χ2n) is 3.78. The van der Waals surface area contributed by atoms with Crippen LogP contribution in [0.25, 0.3) is 0 Å². The molecule has 0 aromatic carbocycles. The van der Waals surface area contributed by atoms with Crippen LogP contribution in [0.1, 0.15) is 26.7 Å². The minimum absolute atomic E-state index is 0. The Labute approximate surface area is 89.4 Å². The molecule has 1 nitrogen and oxygen atoms in total. The van der Waals surface area contributed by atoms with E-state index in [4.69, 9.17) is 0 Å². The minimum atomic E-state index is 0. The molecule has 0 spiro atoms. The summed E-state index contributed by atoms with van der Waals surface area (Å²) in [4.78, 5) is 2.16. The Morgan fingerprint density at radius 1 is 1.20 bits per heavy atom. The Morgan fingerprint density at radius 3 is 1.90 bits per heavy atom. The average Bonchev–Trinajstić information content (AvgIpc) is 1.78. The van der Waals surface area contributed by atoms with E-state index in [-0.39, 0.29) is 32.7 Å². The fourth-order valence-electron chi connectivity index (χ4n) is 1.16. The van der Waals surface area contributed by atoms with Crippen LogP contribution in [0.2, 0.25) is 0 Å². The van der Waals surface area contributed by atoms with Crippen molar-refractivity contribution in [3.8, 4) is 0 Å². The third-order valence-electron chi connectivity index (χ3n) is 2.21. The molecule has 0 bridgehead atoms. The number of piperidine rings is 1. The molecule has 0 radical (unpaired) electrons. The summed E-state index contributed by atoms with van der Waals surface area (Å²) in [6.07, 6.45) is 2.60. The van der Waals surface area contributed by atoms with Crippen molar-refractivity contribution in [2.75, 3.05) is 13.1 Å². The number of hydrogen-bond acceptors (Lipinski definition) is 1. The molecule has 0 atom stereocenters.